The summed E-state index contributed by atoms with van der Waals surface area (Å²) in [5, 5.41) is 13.3. The number of carbonyl (C=O) groups is 4. The van der Waals surface area contributed by atoms with Gasteiger partial charge in [-0.2, -0.15) is 4.90 Å². The molecule has 13 nitrogen and oxygen atoms in total. The van der Waals surface area contributed by atoms with Crippen LogP contribution in [0.15, 0.2) is 60.8 Å². The number of nitrogen functional groups attached to an aromatic ring is 1. The minimum Gasteiger partial charge on any atom is -0.465 e. The number of nitrogens with zero attached hydrogens (tertiary/aromatic N) is 3. The highest BCUT2D eigenvalue weighted by atomic mass is 19.1. The van der Waals surface area contributed by atoms with Crippen LogP contribution >= 0.6 is 0 Å². The second-order valence-corrected chi connectivity index (χ2v) is 17.2. The number of hydrogen-bond donors (Lipinski definition) is 3. The van der Waals surface area contributed by atoms with E-state index in [-0.39, 0.29) is 54.1 Å². The smallest absolute Gasteiger partial charge is 0.425 e. The first-order chi connectivity index (χ1) is 27.6. The highest BCUT2D eigenvalue weighted by molar-refractivity contribution is 6.14. The number of ether oxygens (including phenoxy) is 3. The fourth-order valence-electron chi connectivity index (χ4n) is 7.05. The summed E-state index contributed by atoms with van der Waals surface area (Å²) in [4.78, 5) is 61.1. The van der Waals surface area contributed by atoms with Gasteiger partial charge in [0, 0.05) is 48.3 Å². The number of rotatable bonds is 12. The Bertz CT molecular complexity index is 2220. The lowest BCUT2D eigenvalue weighted by atomic mass is 9.90. The van der Waals surface area contributed by atoms with Crippen LogP contribution in [0.1, 0.15) is 108 Å². The van der Waals surface area contributed by atoms with Crippen LogP contribution in [0.2, 0.25) is 0 Å². The topological polar surface area (TPSA) is 174 Å². The highest BCUT2D eigenvalue weighted by Crippen LogP contribution is 2.51. The number of likely N-dealkylation sites (N-methyl/N-ethyl adjacent to an activating group) is 1. The molecule has 1 heterocycles. The monoisotopic (exact) mass is 813 g/mol. The third-order valence-electron chi connectivity index (χ3n) is 10.0. The molecular weight excluding hydrogens is 758 g/mol. The molecule has 4 aromatic rings. The van der Waals surface area contributed by atoms with Crippen molar-refractivity contribution in [2.24, 2.45) is 0 Å². The number of pyridine rings is 1. The molecule has 59 heavy (non-hydrogen) atoms. The summed E-state index contributed by atoms with van der Waals surface area (Å²) in [6, 6.07) is 14.4. The third kappa shape index (κ3) is 10.1. The molecule has 14 heteroatoms. The number of carbonyl (C=O) groups excluding carboxylic acids is 4. The molecule has 316 valence electrons. The number of fused-ring (bicyclic) bond motifs is 1. The van der Waals surface area contributed by atoms with E-state index in [2.05, 4.69) is 10.3 Å². The molecule has 1 aliphatic carbocycles. The Labute approximate surface area is 345 Å². The first-order valence-corrected chi connectivity index (χ1v) is 19.7. The van der Waals surface area contributed by atoms with E-state index in [1.807, 2.05) is 38.1 Å². The van der Waals surface area contributed by atoms with Crippen molar-refractivity contribution in [2.45, 2.75) is 110 Å². The van der Waals surface area contributed by atoms with Crippen molar-refractivity contribution in [3.8, 4) is 0 Å². The minimum absolute atomic E-state index is 0.00179. The van der Waals surface area contributed by atoms with Gasteiger partial charge in [-0.1, -0.05) is 31.2 Å². The molecule has 0 bridgehead atoms. The lowest BCUT2D eigenvalue weighted by molar-refractivity contribution is -0.146. The van der Waals surface area contributed by atoms with Crippen LogP contribution in [-0.2, 0) is 35.8 Å². The summed E-state index contributed by atoms with van der Waals surface area (Å²) < 4.78 is 32.3. The largest absolute Gasteiger partial charge is 0.465 e. The number of aliphatic hydroxyl groups excluding tert-OH is 1. The van der Waals surface area contributed by atoms with E-state index >= 15 is 4.39 Å². The zero-order valence-electron chi connectivity index (χ0n) is 35.6. The van der Waals surface area contributed by atoms with Gasteiger partial charge in [0.25, 0.3) is 0 Å². The van der Waals surface area contributed by atoms with Crippen molar-refractivity contribution in [1.29, 1.82) is 0 Å². The maximum absolute atomic E-state index is 15.7. The number of imide groups is 1. The molecule has 4 N–H and O–H groups in total. The molecule has 1 aromatic heterocycles. The van der Waals surface area contributed by atoms with Crippen molar-refractivity contribution in [3.05, 3.63) is 94.4 Å². The number of nitrogens with two attached hydrogens (primary N) is 1. The van der Waals surface area contributed by atoms with Gasteiger partial charge in [-0.25, -0.2) is 19.0 Å². The maximum atomic E-state index is 15.7. The number of amides is 3. The molecule has 3 aromatic carbocycles. The number of esters is 1. The number of benzene rings is 3. The molecule has 0 radical (unpaired) electrons. The van der Waals surface area contributed by atoms with Crippen LogP contribution in [0.25, 0.3) is 10.8 Å². The second-order valence-electron chi connectivity index (χ2n) is 17.2. The summed E-state index contributed by atoms with van der Waals surface area (Å²) >= 11 is 0. The Hall–Kier alpha value is -5.76. The average molecular weight is 814 g/mol. The van der Waals surface area contributed by atoms with E-state index in [1.165, 1.54) is 12.1 Å². The van der Waals surface area contributed by atoms with Crippen molar-refractivity contribution < 1.29 is 42.9 Å². The molecule has 1 aliphatic rings. The van der Waals surface area contributed by atoms with Gasteiger partial charge >= 0.3 is 18.2 Å². The maximum Gasteiger partial charge on any atom is 0.425 e. The fourth-order valence-corrected chi connectivity index (χ4v) is 7.05. The van der Waals surface area contributed by atoms with Gasteiger partial charge < -0.3 is 35.3 Å². The summed E-state index contributed by atoms with van der Waals surface area (Å²) in [5.41, 5.74) is 8.13. The zero-order chi connectivity index (χ0) is 43.6. The van der Waals surface area contributed by atoms with Crippen molar-refractivity contribution in [2.75, 3.05) is 36.2 Å². The van der Waals surface area contributed by atoms with E-state index in [4.69, 9.17) is 19.9 Å². The number of anilines is 3. The summed E-state index contributed by atoms with van der Waals surface area (Å²) in [5.74, 6) is -1.75. The Balaban J connectivity index is 1.57. The fraction of sp³-hybridized carbons (Fsp3) is 0.444. The molecule has 1 fully saturated rings. The van der Waals surface area contributed by atoms with E-state index in [9.17, 15) is 24.3 Å². The standard InChI is InChI=1S/C45H56FN5O8/c1-11-57-40(54)45(18-19-45)35-17-13-30(47)21-29(35)24-50(10)39(53)37(28-12-15-32(26(2)20-28)27(3)25-52)49-31-14-16-33-34(22-31)36(46)23-48-38(33)51(41(55)58-43(4,5)6)42(56)59-44(7,8)9/h12-17,20-23,27,37,49,52H,11,18-19,24-25,47H2,1-10H3/t27-,37?/m0/s1. The Morgan fingerprint density at radius 3 is 2.15 bits per heavy atom. The molecular formula is C45H56FN5O8. The van der Waals surface area contributed by atoms with E-state index in [1.54, 1.807) is 78.6 Å². The Morgan fingerprint density at radius 1 is 0.949 bits per heavy atom. The van der Waals surface area contributed by atoms with E-state index in [0.29, 0.717) is 40.2 Å². The minimum atomic E-state index is -1.06. The number of aryl methyl sites for hydroxylation is 1. The van der Waals surface area contributed by atoms with E-state index < -0.39 is 40.7 Å². The van der Waals surface area contributed by atoms with Crippen molar-refractivity contribution in [1.82, 2.24) is 9.88 Å². The van der Waals surface area contributed by atoms with Gasteiger partial charge in [-0.15, -0.1) is 0 Å². The molecule has 1 saturated carbocycles. The number of nitrogens with one attached hydrogen (secondary N) is 1. The molecule has 0 aliphatic heterocycles. The number of aliphatic hydroxyl groups is 1. The molecule has 0 spiro atoms. The predicted octanol–water partition coefficient (Wildman–Crippen LogP) is 8.44. The van der Waals surface area contributed by atoms with E-state index in [0.717, 1.165) is 22.9 Å². The molecule has 1 unspecified atom stereocenters. The van der Waals surface area contributed by atoms with Crippen LogP contribution in [0.4, 0.5) is 31.2 Å². The van der Waals surface area contributed by atoms with Crippen LogP contribution in [-0.4, -0.2) is 70.5 Å². The van der Waals surface area contributed by atoms with Gasteiger partial charge in [0.15, 0.2) is 5.82 Å². The van der Waals surface area contributed by atoms with Crippen molar-refractivity contribution in [3.63, 3.8) is 0 Å². The van der Waals surface area contributed by atoms with Crippen LogP contribution in [0.3, 0.4) is 0 Å². The van der Waals surface area contributed by atoms with Crippen LogP contribution in [0, 0.1) is 12.7 Å². The highest BCUT2D eigenvalue weighted by Gasteiger charge is 2.54. The predicted molar refractivity (Wildman–Crippen MR) is 225 cm³/mol. The van der Waals surface area contributed by atoms with Gasteiger partial charge in [0.2, 0.25) is 5.91 Å². The van der Waals surface area contributed by atoms with Gasteiger partial charge in [-0.05, 0) is 126 Å². The Morgan fingerprint density at radius 2 is 1.59 bits per heavy atom. The van der Waals surface area contributed by atoms with Gasteiger partial charge in [0.1, 0.15) is 23.1 Å². The quantitative estimate of drug-likeness (QED) is 0.0712. The van der Waals surface area contributed by atoms with Crippen molar-refractivity contribution >= 4 is 52.0 Å². The number of hydrogen-bond acceptors (Lipinski definition) is 11. The van der Waals surface area contributed by atoms with Crippen LogP contribution in [0.5, 0.6) is 0 Å². The Kier molecular flexibility index (Phi) is 12.9. The average Bonchev–Trinajstić information content (AvgIpc) is 3.95. The normalized spacial score (nSPS) is 14.5. The van der Waals surface area contributed by atoms with Gasteiger partial charge in [-0.3, -0.25) is 9.59 Å². The number of aromatic nitrogens is 1. The molecule has 0 saturated heterocycles. The summed E-state index contributed by atoms with van der Waals surface area (Å²) in [6.45, 7) is 15.7. The second kappa shape index (κ2) is 17.2. The summed E-state index contributed by atoms with van der Waals surface area (Å²) in [7, 11) is 1.66. The van der Waals surface area contributed by atoms with Crippen LogP contribution < -0.4 is 16.0 Å². The lowest BCUT2D eigenvalue weighted by Crippen LogP contribution is -2.44. The zero-order valence-corrected chi connectivity index (χ0v) is 35.6. The first kappa shape index (κ1) is 44.3. The first-order valence-electron chi connectivity index (χ1n) is 19.7. The molecule has 3 amide bonds. The molecule has 5 rings (SSSR count). The number of halogens is 1. The van der Waals surface area contributed by atoms with Gasteiger partial charge in [0.05, 0.1) is 18.2 Å². The SMILES string of the molecule is CCOC(=O)C1(c2ccc(N)cc2CN(C)C(=O)C(Nc2ccc3c(N(C(=O)OC(C)(C)C)C(=O)OC(C)(C)C)ncc(F)c3c2)c2ccc([C@@H](C)CO)c(C)c2)CC1. The summed E-state index contributed by atoms with van der Waals surface area (Å²) in [6.07, 6.45) is 0.0128. The lowest BCUT2D eigenvalue weighted by Gasteiger charge is -2.29. The third-order valence-corrected chi connectivity index (χ3v) is 10.0. The molecule has 2 atom stereocenters.